The Morgan fingerprint density at radius 1 is 1.15 bits per heavy atom. The average molecular weight is 390 g/mol. The van der Waals surface area contributed by atoms with E-state index in [1.807, 2.05) is 39.0 Å². The summed E-state index contributed by atoms with van der Waals surface area (Å²) in [5.74, 6) is 1.51. The van der Waals surface area contributed by atoms with Crippen LogP contribution < -0.4 is 10.6 Å². The molecule has 0 saturated heterocycles. The number of aliphatic hydroxyl groups is 1. The maximum Gasteiger partial charge on any atom is 0.191 e. The fourth-order valence-electron chi connectivity index (χ4n) is 2.26. The zero-order chi connectivity index (χ0) is 18.6. The van der Waals surface area contributed by atoms with Crippen LogP contribution in [-0.4, -0.2) is 38.7 Å². The van der Waals surface area contributed by atoms with E-state index in [1.165, 1.54) is 16.9 Å². The maximum atomic E-state index is 9.60. The zero-order valence-electron chi connectivity index (χ0n) is 15.1. The summed E-state index contributed by atoms with van der Waals surface area (Å²) in [6.45, 7) is 6.71. The minimum Gasteiger partial charge on any atom is -0.394 e. The number of fused-ring (bicyclic) bond motifs is 1. The smallest absolute Gasteiger partial charge is 0.191 e. The minimum absolute atomic E-state index is 0.00383. The summed E-state index contributed by atoms with van der Waals surface area (Å²) in [4.78, 5) is 13.9. The van der Waals surface area contributed by atoms with Gasteiger partial charge in [-0.15, -0.1) is 0 Å². The van der Waals surface area contributed by atoms with Crippen LogP contribution in [0.25, 0.3) is 10.3 Å². The summed E-state index contributed by atoms with van der Waals surface area (Å²) in [7, 11) is 0. The third kappa shape index (κ3) is 4.63. The van der Waals surface area contributed by atoms with E-state index >= 15 is 0 Å². The molecule has 0 radical (unpaired) electrons. The number of thioether (sulfide) groups is 1. The van der Waals surface area contributed by atoms with E-state index in [9.17, 15) is 5.11 Å². The normalized spacial score (nSPS) is 11.7. The molecule has 0 saturated carbocycles. The van der Waals surface area contributed by atoms with Crippen LogP contribution in [0.15, 0.2) is 35.5 Å². The first kappa shape index (κ1) is 18.9. The van der Waals surface area contributed by atoms with Gasteiger partial charge in [-0.2, -0.15) is 4.98 Å². The second-order valence-electron chi connectivity index (χ2n) is 6.50. The largest absolute Gasteiger partial charge is 0.394 e. The van der Waals surface area contributed by atoms with E-state index in [0.29, 0.717) is 16.6 Å². The first-order valence-corrected chi connectivity index (χ1v) is 10.3. The van der Waals surface area contributed by atoms with Crippen LogP contribution in [0, 0.1) is 0 Å². The Morgan fingerprint density at radius 2 is 1.92 bits per heavy atom. The van der Waals surface area contributed by atoms with Crippen molar-refractivity contribution in [3.05, 3.63) is 35.9 Å². The van der Waals surface area contributed by atoms with Crippen LogP contribution in [0.5, 0.6) is 0 Å². The molecular weight excluding hydrogens is 366 g/mol. The summed E-state index contributed by atoms with van der Waals surface area (Å²) in [5, 5.41) is 17.7. The topological polar surface area (TPSA) is 83.0 Å². The molecule has 0 bridgehead atoms. The van der Waals surface area contributed by atoms with E-state index in [4.69, 9.17) is 4.98 Å². The van der Waals surface area contributed by atoms with Crippen molar-refractivity contribution in [1.29, 1.82) is 0 Å². The van der Waals surface area contributed by atoms with Gasteiger partial charge in [0.15, 0.2) is 21.8 Å². The monoisotopic (exact) mass is 389 g/mol. The molecule has 2 heterocycles. The Hall–Kier alpha value is -1.90. The van der Waals surface area contributed by atoms with Crippen LogP contribution in [-0.2, 0) is 5.75 Å². The van der Waals surface area contributed by atoms with Crippen molar-refractivity contribution < 1.29 is 5.11 Å². The summed E-state index contributed by atoms with van der Waals surface area (Å²) in [6, 6.07) is 10.2. The molecule has 3 aromatic rings. The van der Waals surface area contributed by atoms with E-state index in [1.54, 1.807) is 11.8 Å². The summed E-state index contributed by atoms with van der Waals surface area (Å²) < 4.78 is 0.895. The molecular formula is C18H23N5OS2. The molecule has 0 aliphatic rings. The van der Waals surface area contributed by atoms with Gasteiger partial charge in [0.05, 0.1) is 12.1 Å². The van der Waals surface area contributed by atoms with Gasteiger partial charge in [-0.25, -0.2) is 9.97 Å². The Kier molecular flexibility index (Phi) is 5.95. The minimum atomic E-state index is -0.481. The first-order valence-electron chi connectivity index (χ1n) is 8.49. The number of hydrogen-bond acceptors (Lipinski definition) is 8. The number of nitrogens with zero attached hydrogens (tertiary/aromatic N) is 3. The molecule has 3 rings (SSSR count). The Morgan fingerprint density at radius 3 is 2.62 bits per heavy atom. The van der Waals surface area contributed by atoms with Gasteiger partial charge in [-0.3, -0.25) is 0 Å². The number of hydrogen-bond donors (Lipinski definition) is 3. The quantitative estimate of drug-likeness (QED) is 0.397. The van der Waals surface area contributed by atoms with Gasteiger partial charge >= 0.3 is 0 Å². The van der Waals surface area contributed by atoms with E-state index < -0.39 is 5.54 Å². The Labute approximate surface area is 161 Å². The highest BCUT2D eigenvalue weighted by atomic mass is 32.2. The first-order chi connectivity index (χ1) is 12.5. The fraction of sp³-hybridized carbons (Fsp3) is 0.389. The second kappa shape index (κ2) is 8.20. The van der Waals surface area contributed by atoms with Crippen LogP contribution in [0.4, 0.5) is 10.9 Å². The van der Waals surface area contributed by atoms with Crippen molar-refractivity contribution in [1.82, 2.24) is 15.0 Å². The molecule has 138 valence electrons. The molecule has 26 heavy (non-hydrogen) atoms. The van der Waals surface area contributed by atoms with Crippen LogP contribution >= 0.6 is 23.1 Å². The van der Waals surface area contributed by atoms with E-state index in [2.05, 4.69) is 32.7 Å². The molecule has 0 spiro atoms. The fourth-order valence-corrected chi connectivity index (χ4v) is 3.98. The Balaban J connectivity index is 1.92. The van der Waals surface area contributed by atoms with Crippen LogP contribution in [0.1, 0.15) is 26.3 Å². The lowest BCUT2D eigenvalue weighted by molar-refractivity contribution is 0.234. The lowest BCUT2D eigenvalue weighted by Crippen LogP contribution is -2.35. The predicted molar refractivity (Wildman–Crippen MR) is 110 cm³/mol. The number of benzene rings is 1. The van der Waals surface area contributed by atoms with Crippen molar-refractivity contribution in [3.63, 3.8) is 0 Å². The van der Waals surface area contributed by atoms with Gasteiger partial charge in [0.1, 0.15) is 4.70 Å². The molecule has 2 aromatic heterocycles. The third-order valence-corrected chi connectivity index (χ3v) is 5.55. The Bertz CT molecular complexity index is 867. The molecule has 0 unspecified atom stereocenters. The zero-order valence-corrected chi connectivity index (χ0v) is 16.7. The highest BCUT2D eigenvalue weighted by Gasteiger charge is 2.21. The number of aromatic nitrogens is 3. The number of rotatable bonds is 8. The number of aliphatic hydroxyl groups excluding tert-OH is 1. The highest BCUT2D eigenvalue weighted by molar-refractivity contribution is 7.98. The van der Waals surface area contributed by atoms with Crippen LogP contribution in [0.3, 0.4) is 0 Å². The van der Waals surface area contributed by atoms with Gasteiger partial charge in [0.2, 0.25) is 0 Å². The van der Waals surface area contributed by atoms with E-state index in [-0.39, 0.29) is 6.61 Å². The molecule has 0 aliphatic heterocycles. The molecule has 0 fully saturated rings. The molecule has 8 heteroatoms. The maximum absolute atomic E-state index is 9.60. The van der Waals surface area contributed by atoms with Gasteiger partial charge in [-0.1, -0.05) is 53.4 Å². The number of thiazole rings is 1. The van der Waals surface area contributed by atoms with E-state index in [0.717, 1.165) is 22.1 Å². The standard InChI is InChI=1S/C18H23N5OS2/c1-4-19-16-20-14-13(26-16)15(23-18(2,3)11-24)22-17(21-14)25-10-12-8-6-5-7-9-12/h5-9,24H,4,10-11H2,1-3H3,(H2,19,20,21,22,23). The van der Waals surface area contributed by atoms with Gasteiger partial charge in [0.25, 0.3) is 0 Å². The van der Waals surface area contributed by atoms with Crippen molar-refractivity contribution >= 4 is 44.4 Å². The van der Waals surface area contributed by atoms with Crippen molar-refractivity contribution in [2.75, 3.05) is 23.8 Å². The lowest BCUT2D eigenvalue weighted by atomic mass is 10.1. The van der Waals surface area contributed by atoms with Gasteiger partial charge < -0.3 is 15.7 Å². The van der Waals surface area contributed by atoms with Crippen LogP contribution in [0.2, 0.25) is 0 Å². The summed E-state index contributed by atoms with van der Waals surface area (Å²) in [6.07, 6.45) is 0. The predicted octanol–water partition coefficient (Wildman–Crippen LogP) is 3.99. The lowest BCUT2D eigenvalue weighted by Gasteiger charge is -2.24. The van der Waals surface area contributed by atoms with Crippen molar-refractivity contribution in [2.24, 2.45) is 0 Å². The SMILES string of the molecule is CCNc1nc2nc(SCc3ccccc3)nc(NC(C)(C)CO)c2s1. The summed E-state index contributed by atoms with van der Waals surface area (Å²) >= 11 is 3.10. The van der Waals surface area contributed by atoms with Crippen molar-refractivity contribution in [3.8, 4) is 0 Å². The summed E-state index contributed by atoms with van der Waals surface area (Å²) in [5.41, 5.74) is 1.41. The second-order valence-corrected chi connectivity index (χ2v) is 8.44. The number of anilines is 2. The molecule has 0 amide bonds. The van der Waals surface area contributed by atoms with Gasteiger partial charge in [-0.05, 0) is 26.3 Å². The highest BCUT2D eigenvalue weighted by Crippen LogP contribution is 2.33. The average Bonchev–Trinajstić information content (AvgIpc) is 3.04. The van der Waals surface area contributed by atoms with Crippen molar-refractivity contribution in [2.45, 2.75) is 37.2 Å². The molecule has 0 aliphatic carbocycles. The number of nitrogens with one attached hydrogen (secondary N) is 2. The third-order valence-electron chi connectivity index (χ3n) is 3.62. The van der Waals surface area contributed by atoms with Gasteiger partial charge in [0, 0.05) is 12.3 Å². The molecule has 6 nitrogen and oxygen atoms in total. The molecule has 0 atom stereocenters. The molecule has 3 N–H and O–H groups in total. The molecule has 1 aromatic carbocycles.